The maximum atomic E-state index is 10.8. The molecule has 0 unspecified atom stereocenters. The van der Waals surface area contributed by atoms with Gasteiger partial charge >= 0.3 is 0 Å². The molecule has 0 atom stereocenters. The molecule has 1 aromatic heterocycles. The Kier molecular flexibility index (Phi) is 4.88. The fraction of sp³-hybridized carbons (Fsp3) is 0.143. The molecule has 0 amide bonds. The molecule has 88 valence electrons. The van der Waals surface area contributed by atoms with Gasteiger partial charge in [0.15, 0.2) is 6.29 Å². The molecule has 0 aliphatic heterocycles. The first-order valence-electron chi connectivity index (χ1n) is 5.29. The lowest BCUT2D eigenvalue weighted by molar-refractivity contribution is 0.111. The monoisotopic (exact) mass is 228 g/mol. The van der Waals surface area contributed by atoms with Gasteiger partial charge in [-0.3, -0.25) is 4.79 Å². The Bertz CT molecular complexity index is 478. The third-order valence-electron chi connectivity index (χ3n) is 2.27. The summed E-state index contributed by atoms with van der Waals surface area (Å²) in [5.74, 6) is 0. The molecule has 0 fully saturated rings. The molecule has 1 heterocycles. The number of aromatic nitrogens is 2. The van der Waals surface area contributed by atoms with E-state index in [0.717, 1.165) is 17.4 Å². The second-order valence-electron chi connectivity index (χ2n) is 3.63. The van der Waals surface area contributed by atoms with Gasteiger partial charge in [-0.15, -0.1) is 0 Å². The van der Waals surface area contributed by atoms with Crippen LogP contribution in [0.3, 0.4) is 0 Å². The zero-order valence-electron chi connectivity index (χ0n) is 9.97. The lowest BCUT2D eigenvalue weighted by Crippen LogP contribution is -2.02. The Balaban J connectivity index is 2.91. The van der Waals surface area contributed by atoms with Crippen molar-refractivity contribution in [1.82, 2.24) is 9.55 Å². The molecule has 0 bridgehead atoms. The second kappa shape index (κ2) is 6.43. The Labute approximate surface area is 101 Å². The molecule has 3 heteroatoms. The molecule has 0 aliphatic carbocycles. The van der Waals surface area contributed by atoms with E-state index >= 15 is 0 Å². The predicted octanol–water partition coefficient (Wildman–Crippen LogP) is 2.94. The summed E-state index contributed by atoms with van der Waals surface area (Å²) in [4.78, 5) is 14.7. The molecule has 0 N–H and O–H groups in total. The van der Waals surface area contributed by atoms with Crippen LogP contribution in [0.4, 0.5) is 0 Å². The van der Waals surface area contributed by atoms with Crippen molar-refractivity contribution in [2.75, 3.05) is 0 Å². The molecule has 1 aromatic rings. The molecule has 0 saturated carbocycles. The van der Waals surface area contributed by atoms with Crippen molar-refractivity contribution in [3.8, 4) is 0 Å². The zero-order valence-corrected chi connectivity index (χ0v) is 9.97. The van der Waals surface area contributed by atoms with Crippen LogP contribution in [0.2, 0.25) is 0 Å². The zero-order chi connectivity index (χ0) is 12.7. The number of rotatable bonds is 6. The minimum atomic E-state index is 0.558. The molecule has 0 aliphatic rings. The van der Waals surface area contributed by atoms with Gasteiger partial charge < -0.3 is 4.57 Å². The summed E-state index contributed by atoms with van der Waals surface area (Å²) in [7, 11) is 0. The number of hydrogen-bond donors (Lipinski definition) is 0. The average molecular weight is 228 g/mol. The minimum Gasteiger partial charge on any atom is -0.324 e. The fourth-order valence-electron chi connectivity index (χ4n) is 1.45. The average Bonchev–Trinajstić information content (AvgIpc) is 2.75. The largest absolute Gasteiger partial charge is 0.324 e. The van der Waals surface area contributed by atoms with Gasteiger partial charge in [-0.05, 0) is 12.5 Å². The minimum absolute atomic E-state index is 0.558. The number of hydrogen-bond acceptors (Lipinski definition) is 2. The van der Waals surface area contributed by atoms with E-state index in [0.29, 0.717) is 12.2 Å². The number of imidazole rings is 1. The van der Waals surface area contributed by atoms with E-state index in [2.05, 4.69) is 18.1 Å². The van der Waals surface area contributed by atoms with Crippen molar-refractivity contribution >= 4 is 6.29 Å². The molecule has 0 spiro atoms. The van der Waals surface area contributed by atoms with E-state index in [-0.39, 0.29) is 0 Å². The van der Waals surface area contributed by atoms with Crippen LogP contribution in [0, 0.1) is 0 Å². The van der Waals surface area contributed by atoms with Gasteiger partial charge in [-0.25, -0.2) is 4.98 Å². The van der Waals surface area contributed by atoms with Crippen LogP contribution in [-0.4, -0.2) is 15.8 Å². The molecular weight excluding hydrogens is 212 g/mol. The maximum absolute atomic E-state index is 10.8. The van der Waals surface area contributed by atoms with E-state index in [9.17, 15) is 4.79 Å². The first-order chi connectivity index (χ1) is 8.21. The van der Waals surface area contributed by atoms with Gasteiger partial charge in [-0.2, -0.15) is 0 Å². The number of carbonyl (C=O) groups is 1. The number of allylic oxidation sites excluding steroid dienone is 6. The summed E-state index contributed by atoms with van der Waals surface area (Å²) in [6.45, 7) is 9.98. The summed E-state index contributed by atoms with van der Waals surface area (Å²) in [6, 6.07) is 0. The van der Waals surface area contributed by atoms with Crippen molar-refractivity contribution in [2.45, 2.75) is 13.5 Å². The van der Waals surface area contributed by atoms with Crippen LogP contribution >= 0.6 is 0 Å². The SMILES string of the molecule is C=C/C=C(C)\C=C(/C=C)Cn1cncc1C=O. The Morgan fingerprint density at radius 3 is 2.88 bits per heavy atom. The van der Waals surface area contributed by atoms with Crippen molar-refractivity contribution in [2.24, 2.45) is 0 Å². The summed E-state index contributed by atoms with van der Waals surface area (Å²) in [6.07, 6.45) is 11.4. The third kappa shape index (κ3) is 3.72. The smallest absolute Gasteiger partial charge is 0.168 e. The van der Waals surface area contributed by atoms with Gasteiger partial charge in [0, 0.05) is 6.54 Å². The molecule has 0 radical (unpaired) electrons. The van der Waals surface area contributed by atoms with Crippen LogP contribution in [0.15, 0.2) is 61.1 Å². The van der Waals surface area contributed by atoms with Gasteiger partial charge in [-0.1, -0.05) is 43.0 Å². The van der Waals surface area contributed by atoms with Crippen molar-refractivity contribution < 1.29 is 4.79 Å². The van der Waals surface area contributed by atoms with E-state index in [1.54, 1.807) is 29.2 Å². The van der Waals surface area contributed by atoms with Gasteiger partial charge in [0.05, 0.1) is 12.5 Å². The molecule has 0 aromatic carbocycles. The van der Waals surface area contributed by atoms with Gasteiger partial charge in [0.1, 0.15) is 5.69 Å². The van der Waals surface area contributed by atoms with Crippen molar-refractivity contribution in [3.05, 3.63) is 66.8 Å². The normalized spacial score (nSPS) is 12.3. The van der Waals surface area contributed by atoms with Crippen LogP contribution in [0.1, 0.15) is 17.4 Å². The van der Waals surface area contributed by atoms with E-state index in [4.69, 9.17) is 0 Å². The summed E-state index contributed by atoms with van der Waals surface area (Å²) in [5, 5.41) is 0. The molecule has 3 nitrogen and oxygen atoms in total. The molecular formula is C14H16N2O. The highest BCUT2D eigenvalue weighted by Gasteiger charge is 2.01. The second-order valence-corrected chi connectivity index (χ2v) is 3.63. The van der Waals surface area contributed by atoms with Gasteiger partial charge in [0.25, 0.3) is 0 Å². The number of carbonyl (C=O) groups excluding carboxylic acids is 1. The number of nitrogens with zero attached hydrogens (tertiary/aromatic N) is 2. The fourth-order valence-corrected chi connectivity index (χ4v) is 1.45. The Hall–Kier alpha value is -2.16. The van der Waals surface area contributed by atoms with Crippen LogP contribution in [0.5, 0.6) is 0 Å². The van der Waals surface area contributed by atoms with Crippen LogP contribution < -0.4 is 0 Å². The van der Waals surface area contributed by atoms with Crippen molar-refractivity contribution in [3.63, 3.8) is 0 Å². The van der Waals surface area contributed by atoms with E-state index in [1.807, 2.05) is 19.1 Å². The lowest BCUT2D eigenvalue weighted by atomic mass is 10.1. The highest BCUT2D eigenvalue weighted by Crippen LogP contribution is 2.08. The summed E-state index contributed by atoms with van der Waals surface area (Å²) >= 11 is 0. The van der Waals surface area contributed by atoms with E-state index in [1.165, 1.54) is 0 Å². The summed E-state index contributed by atoms with van der Waals surface area (Å²) < 4.78 is 1.78. The molecule has 17 heavy (non-hydrogen) atoms. The van der Waals surface area contributed by atoms with Crippen LogP contribution in [0.25, 0.3) is 0 Å². The first-order valence-corrected chi connectivity index (χ1v) is 5.29. The number of aldehydes is 1. The quantitative estimate of drug-likeness (QED) is 0.554. The highest BCUT2D eigenvalue weighted by atomic mass is 16.1. The predicted molar refractivity (Wildman–Crippen MR) is 69.8 cm³/mol. The van der Waals surface area contributed by atoms with Crippen molar-refractivity contribution in [1.29, 1.82) is 0 Å². The maximum Gasteiger partial charge on any atom is 0.168 e. The topological polar surface area (TPSA) is 34.9 Å². The highest BCUT2D eigenvalue weighted by molar-refractivity contribution is 5.71. The standard InChI is InChI=1S/C14H16N2O/c1-4-6-12(3)7-13(5-2)9-16-11-15-8-14(16)10-17/h4-8,10-11H,1-2,9H2,3H3/b12-6-,13-7+. The first kappa shape index (κ1) is 12.9. The summed E-state index contributed by atoms with van der Waals surface area (Å²) in [5.41, 5.74) is 2.66. The molecule has 0 saturated heterocycles. The van der Waals surface area contributed by atoms with E-state index < -0.39 is 0 Å². The molecule has 1 rings (SSSR count). The third-order valence-corrected chi connectivity index (χ3v) is 2.27. The Morgan fingerprint density at radius 1 is 1.53 bits per heavy atom. The van der Waals surface area contributed by atoms with Gasteiger partial charge in [0.2, 0.25) is 0 Å². The Morgan fingerprint density at radius 2 is 2.29 bits per heavy atom. The van der Waals surface area contributed by atoms with Crippen LogP contribution in [-0.2, 0) is 6.54 Å². The lowest BCUT2D eigenvalue weighted by Gasteiger charge is -2.05.